The number of rotatable bonds is 8. The van der Waals surface area contributed by atoms with Crippen molar-refractivity contribution in [3.63, 3.8) is 0 Å². The molecule has 0 aromatic heterocycles. The van der Waals surface area contributed by atoms with Crippen molar-refractivity contribution in [2.75, 3.05) is 25.6 Å². The molecular weight excluding hydrogens is 492 g/mol. The Bertz CT molecular complexity index is 863. The number of methoxy groups -OCH3 is 1. The molecular formula is C18H18F3IN2O4. The predicted molar refractivity (Wildman–Crippen MR) is 105 cm³/mol. The number of hydroxylamine groups is 1. The van der Waals surface area contributed by atoms with Crippen LogP contribution in [-0.2, 0) is 9.57 Å². The lowest BCUT2D eigenvalue weighted by atomic mass is 10.1. The first-order valence-electron chi connectivity index (χ1n) is 8.04. The van der Waals surface area contributed by atoms with Gasteiger partial charge in [0.25, 0.3) is 5.91 Å². The van der Waals surface area contributed by atoms with Gasteiger partial charge >= 0.3 is 0 Å². The van der Waals surface area contributed by atoms with Gasteiger partial charge in [-0.3, -0.25) is 9.63 Å². The second-order valence-corrected chi connectivity index (χ2v) is 7.02. The second-order valence-electron chi connectivity index (χ2n) is 5.78. The highest BCUT2D eigenvalue weighted by Gasteiger charge is 2.24. The Hall–Kier alpha value is -1.89. The minimum Gasteiger partial charge on any atom is -0.394 e. The van der Waals surface area contributed by atoms with Gasteiger partial charge in [-0.15, -0.1) is 0 Å². The molecule has 0 aliphatic carbocycles. The zero-order valence-corrected chi connectivity index (χ0v) is 17.1. The molecule has 28 heavy (non-hydrogen) atoms. The summed E-state index contributed by atoms with van der Waals surface area (Å²) in [6.45, 7) is 1.18. The van der Waals surface area contributed by atoms with Crippen molar-refractivity contribution in [3.8, 4) is 0 Å². The zero-order chi connectivity index (χ0) is 20.8. The van der Waals surface area contributed by atoms with Gasteiger partial charge in [0.2, 0.25) is 0 Å². The number of aliphatic hydroxyl groups excluding tert-OH is 1. The van der Waals surface area contributed by atoms with Gasteiger partial charge in [-0.1, -0.05) is 0 Å². The molecule has 0 spiro atoms. The van der Waals surface area contributed by atoms with E-state index in [4.69, 9.17) is 14.7 Å². The first-order valence-corrected chi connectivity index (χ1v) is 9.12. The van der Waals surface area contributed by atoms with E-state index in [9.17, 15) is 18.0 Å². The van der Waals surface area contributed by atoms with E-state index in [2.05, 4.69) is 27.9 Å². The highest BCUT2D eigenvalue weighted by atomic mass is 127. The number of carbonyl (C=O) groups is 1. The second kappa shape index (κ2) is 10.0. The fourth-order valence-electron chi connectivity index (χ4n) is 2.25. The van der Waals surface area contributed by atoms with Gasteiger partial charge in [-0.05, 0) is 59.3 Å². The SMILES string of the molecule is COC(CO)CONC(=O)c1cc(F)c(F)c(F)c1Nc1ccc(I)cc1C. The molecule has 6 nitrogen and oxygen atoms in total. The van der Waals surface area contributed by atoms with Crippen molar-refractivity contribution in [1.82, 2.24) is 5.48 Å². The minimum absolute atomic E-state index is 0.204. The van der Waals surface area contributed by atoms with Crippen molar-refractivity contribution >= 4 is 39.9 Å². The molecule has 0 radical (unpaired) electrons. The van der Waals surface area contributed by atoms with E-state index in [0.29, 0.717) is 17.3 Å². The van der Waals surface area contributed by atoms with Crippen LogP contribution in [0.5, 0.6) is 0 Å². The van der Waals surface area contributed by atoms with Crippen molar-refractivity contribution in [3.05, 3.63) is 56.4 Å². The fraction of sp³-hybridized carbons (Fsp3) is 0.278. The van der Waals surface area contributed by atoms with E-state index in [-0.39, 0.29) is 13.2 Å². The van der Waals surface area contributed by atoms with Crippen molar-refractivity contribution < 1.29 is 32.6 Å². The largest absolute Gasteiger partial charge is 0.394 e. The van der Waals surface area contributed by atoms with Crippen LogP contribution in [-0.4, -0.2) is 37.4 Å². The summed E-state index contributed by atoms with van der Waals surface area (Å²) in [4.78, 5) is 17.2. The van der Waals surface area contributed by atoms with Gasteiger partial charge in [0.15, 0.2) is 17.5 Å². The lowest BCUT2D eigenvalue weighted by Crippen LogP contribution is -2.31. The van der Waals surface area contributed by atoms with Gasteiger partial charge in [-0.2, -0.15) is 0 Å². The number of ether oxygens (including phenoxy) is 1. The number of hydrogen-bond donors (Lipinski definition) is 3. The number of aryl methyl sites for hydroxylation is 1. The standard InChI is InChI=1S/C18H18F3IN2O4/c1-9-5-10(22)3-4-14(9)23-17-12(6-13(19)15(20)16(17)21)18(26)24-28-8-11(7-25)27-2/h3-6,11,23,25H,7-8H2,1-2H3,(H,24,26). The van der Waals surface area contributed by atoms with Gasteiger partial charge in [0, 0.05) is 16.4 Å². The molecule has 0 aliphatic rings. The quantitative estimate of drug-likeness (QED) is 0.288. The molecule has 1 atom stereocenters. The minimum atomic E-state index is -1.71. The summed E-state index contributed by atoms with van der Waals surface area (Å²) in [5, 5.41) is 11.6. The molecule has 2 aromatic carbocycles. The third-order valence-corrected chi connectivity index (χ3v) is 4.50. The van der Waals surface area contributed by atoms with Crippen LogP contribution in [0.15, 0.2) is 24.3 Å². The number of anilines is 2. The summed E-state index contributed by atoms with van der Waals surface area (Å²) < 4.78 is 47.6. The summed E-state index contributed by atoms with van der Waals surface area (Å²) in [5.74, 6) is -5.76. The number of nitrogens with one attached hydrogen (secondary N) is 2. The Labute approximate surface area is 173 Å². The topological polar surface area (TPSA) is 79.8 Å². The summed E-state index contributed by atoms with van der Waals surface area (Å²) in [5.41, 5.74) is 2.10. The molecule has 0 saturated heterocycles. The number of amides is 1. The van der Waals surface area contributed by atoms with Crippen LogP contribution in [0.25, 0.3) is 0 Å². The molecule has 152 valence electrons. The highest BCUT2D eigenvalue weighted by Crippen LogP contribution is 2.30. The Balaban J connectivity index is 2.31. The third kappa shape index (κ3) is 5.34. The Morgan fingerprint density at radius 1 is 1.25 bits per heavy atom. The molecule has 2 aromatic rings. The van der Waals surface area contributed by atoms with Crippen LogP contribution >= 0.6 is 22.6 Å². The van der Waals surface area contributed by atoms with Gasteiger partial charge in [0.1, 0.15) is 12.7 Å². The number of carbonyl (C=O) groups excluding carboxylic acids is 1. The van der Waals surface area contributed by atoms with Crippen LogP contribution in [0.2, 0.25) is 0 Å². The molecule has 2 rings (SSSR count). The first-order chi connectivity index (χ1) is 13.3. The van der Waals surface area contributed by atoms with E-state index in [1.54, 1.807) is 25.1 Å². The zero-order valence-electron chi connectivity index (χ0n) is 15.0. The van der Waals surface area contributed by atoms with E-state index >= 15 is 0 Å². The summed E-state index contributed by atoms with van der Waals surface area (Å²) in [7, 11) is 1.34. The molecule has 1 amide bonds. The van der Waals surface area contributed by atoms with E-state index in [1.165, 1.54) is 7.11 Å². The molecule has 10 heteroatoms. The summed E-state index contributed by atoms with van der Waals surface area (Å²) >= 11 is 2.09. The maximum Gasteiger partial charge on any atom is 0.277 e. The summed E-state index contributed by atoms with van der Waals surface area (Å²) in [6, 6.07) is 5.72. The van der Waals surface area contributed by atoms with E-state index < -0.39 is 40.7 Å². The Kier molecular flexibility index (Phi) is 8.04. The number of hydrogen-bond acceptors (Lipinski definition) is 5. The highest BCUT2D eigenvalue weighted by molar-refractivity contribution is 14.1. The fourth-order valence-corrected chi connectivity index (χ4v) is 2.90. The lowest BCUT2D eigenvalue weighted by molar-refractivity contribution is -0.0469. The van der Waals surface area contributed by atoms with Crippen LogP contribution in [0, 0.1) is 27.9 Å². The summed E-state index contributed by atoms with van der Waals surface area (Å²) in [6.07, 6.45) is -0.700. The number of aliphatic hydroxyl groups is 1. The molecule has 3 N–H and O–H groups in total. The normalized spacial score (nSPS) is 12.0. The van der Waals surface area contributed by atoms with Gasteiger partial charge in [0.05, 0.1) is 17.9 Å². The average Bonchev–Trinajstić information content (AvgIpc) is 2.67. The Morgan fingerprint density at radius 2 is 1.96 bits per heavy atom. The van der Waals surface area contributed by atoms with Crippen molar-refractivity contribution in [2.45, 2.75) is 13.0 Å². The molecule has 1 unspecified atom stereocenters. The van der Waals surface area contributed by atoms with Crippen LogP contribution in [0.1, 0.15) is 15.9 Å². The monoisotopic (exact) mass is 510 g/mol. The van der Waals surface area contributed by atoms with Crippen LogP contribution in [0.4, 0.5) is 24.5 Å². The predicted octanol–water partition coefficient (Wildman–Crippen LogP) is 3.43. The number of benzene rings is 2. The van der Waals surface area contributed by atoms with Crippen LogP contribution in [0.3, 0.4) is 0 Å². The first kappa shape index (κ1) is 22.4. The van der Waals surface area contributed by atoms with E-state index in [1.807, 2.05) is 5.48 Å². The third-order valence-electron chi connectivity index (χ3n) is 3.83. The van der Waals surface area contributed by atoms with Gasteiger partial charge < -0.3 is 15.2 Å². The average molecular weight is 510 g/mol. The number of halogens is 4. The molecule has 0 bridgehead atoms. The lowest BCUT2D eigenvalue weighted by Gasteiger charge is -2.17. The molecule has 0 fully saturated rings. The molecule has 0 heterocycles. The molecule has 0 saturated carbocycles. The van der Waals surface area contributed by atoms with Crippen LogP contribution < -0.4 is 10.8 Å². The maximum absolute atomic E-state index is 14.4. The van der Waals surface area contributed by atoms with E-state index in [0.717, 1.165) is 3.57 Å². The Morgan fingerprint density at radius 3 is 2.57 bits per heavy atom. The van der Waals surface area contributed by atoms with Gasteiger partial charge in [-0.25, -0.2) is 18.7 Å². The van der Waals surface area contributed by atoms with Crippen molar-refractivity contribution in [2.24, 2.45) is 0 Å². The molecule has 0 aliphatic heterocycles. The van der Waals surface area contributed by atoms with Crippen molar-refractivity contribution in [1.29, 1.82) is 0 Å². The smallest absolute Gasteiger partial charge is 0.277 e. The maximum atomic E-state index is 14.4.